The number of halogens is 3. The Bertz CT molecular complexity index is 565. The maximum absolute atomic E-state index is 6.17. The predicted molar refractivity (Wildman–Crippen MR) is 77.9 cm³/mol. The van der Waals surface area contributed by atoms with Crippen LogP contribution >= 0.6 is 57.6 Å². The molecule has 2 heterocycles. The molecule has 88 valence electrons. The Balaban J connectivity index is 2.35. The van der Waals surface area contributed by atoms with Gasteiger partial charge in [0.2, 0.25) is 0 Å². The van der Waals surface area contributed by atoms with E-state index in [1.54, 1.807) is 6.20 Å². The molecule has 0 spiro atoms. The second-order valence-corrected chi connectivity index (χ2v) is 5.92. The summed E-state index contributed by atoms with van der Waals surface area (Å²) in [5, 5.41) is 1.81. The standard InChI is InChI=1S/C10H6Cl2IN3S/c1-5-8(12)6(2-3-14-5)17-10-9(13)16-7(11)4-15-10/h2-4H,1H3. The smallest absolute Gasteiger partial charge is 0.148 e. The summed E-state index contributed by atoms with van der Waals surface area (Å²) in [6.45, 7) is 1.87. The molecular weight excluding hydrogens is 392 g/mol. The van der Waals surface area contributed by atoms with Gasteiger partial charge in [-0.3, -0.25) is 4.98 Å². The van der Waals surface area contributed by atoms with E-state index in [0.717, 1.165) is 19.3 Å². The Morgan fingerprint density at radius 3 is 2.76 bits per heavy atom. The van der Waals surface area contributed by atoms with Crippen molar-refractivity contribution in [3.8, 4) is 0 Å². The van der Waals surface area contributed by atoms with Gasteiger partial charge in [-0.05, 0) is 35.6 Å². The fraction of sp³-hybridized carbons (Fsp3) is 0.100. The molecule has 0 amide bonds. The molecule has 0 bridgehead atoms. The Morgan fingerprint density at radius 2 is 2.06 bits per heavy atom. The Hall–Kier alpha value is -0.110. The third kappa shape index (κ3) is 3.21. The maximum Gasteiger partial charge on any atom is 0.148 e. The van der Waals surface area contributed by atoms with Crippen LogP contribution in [0.5, 0.6) is 0 Å². The Morgan fingerprint density at radius 1 is 1.29 bits per heavy atom. The van der Waals surface area contributed by atoms with Gasteiger partial charge in [0.15, 0.2) is 0 Å². The predicted octanol–water partition coefficient (Wildman–Crippen LogP) is 4.24. The molecular formula is C10H6Cl2IN3S. The number of hydrogen-bond acceptors (Lipinski definition) is 4. The molecule has 0 unspecified atom stereocenters. The van der Waals surface area contributed by atoms with Gasteiger partial charge in [-0.25, -0.2) is 9.97 Å². The fourth-order valence-corrected chi connectivity index (χ4v) is 3.15. The van der Waals surface area contributed by atoms with Crippen LogP contribution in [0.25, 0.3) is 0 Å². The number of nitrogens with zero attached hydrogens (tertiary/aromatic N) is 3. The molecule has 0 fully saturated rings. The molecule has 0 radical (unpaired) electrons. The van der Waals surface area contributed by atoms with E-state index in [2.05, 4.69) is 37.5 Å². The van der Waals surface area contributed by atoms with Crippen LogP contribution in [0.15, 0.2) is 28.4 Å². The maximum atomic E-state index is 6.17. The number of hydrogen-bond donors (Lipinski definition) is 0. The Kier molecular flexibility index (Phi) is 4.46. The third-order valence-electron chi connectivity index (χ3n) is 1.90. The molecule has 0 aliphatic carbocycles. The van der Waals surface area contributed by atoms with Crippen molar-refractivity contribution in [1.29, 1.82) is 0 Å². The van der Waals surface area contributed by atoms with Crippen LogP contribution in [-0.2, 0) is 0 Å². The van der Waals surface area contributed by atoms with E-state index in [-0.39, 0.29) is 0 Å². The van der Waals surface area contributed by atoms with Crippen molar-refractivity contribution in [2.75, 3.05) is 0 Å². The first kappa shape index (κ1) is 13.3. The second kappa shape index (κ2) is 5.69. The van der Waals surface area contributed by atoms with Gasteiger partial charge in [-0.1, -0.05) is 35.0 Å². The molecule has 17 heavy (non-hydrogen) atoms. The van der Waals surface area contributed by atoms with Crippen molar-refractivity contribution in [3.63, 3.8) is 0 Å². The summed E-state index contributed by atoms with van der Waals surface area (Å²) >= 11 is 15.5. The van der Waals surface area contributed by atoms with Gasteiger partial charge in [-0.2, -0.15) is 0 Å². The lowest BCUT2D eigenvalue weighted by atomic mass is 10.4. The topological polar surface area (TPSA) is 38.7 Å². The summed E-state index contributed by atoms with van der Waals surface area (Å²) in [5.74, 6) is 0. The van der Waals surface area contributed by atoms with Crippen molar-refractivity contribution in [2.45, 2.75) is 16.8 Å². The highest BCUT2D eigenvalue weighted by Gasteiger charge is 2.10. The molecule has 0 aliphatic rings. The number of pyridine rings is 1. The molecule has 2 aromatic heterocycles. The first-order valence-electron chi connectivity index (χ1n) is 4.55. The van der Waals surface area contributed by atoms with Crippen molar-refractivity contribution in [1.82, 2.24) is 15.0 Å². The van der Waals surface area contributed by atoms with Gasteiger partial charge in [0.1, 0.15) is 13.9 Å². The highest BCUT2D eigenvalue weighted by Crippen LogP contribution is 2.34. The monoisotopic (exact) mass is 397 g/mol. The zero-order valence-electron chi connectivity index (χ0n) is 8.62. The molecule has 3 nitrogen and oxygen atoms in total. The van der Waals surface area contributed by atoms with Crippen LogP contribution < -0.4 is 0 Å². The van der Waals surface area contributed by atoms with E-state index in [1.165, 1.54) is 18.0 Å². The molecule has 0 saturated heterocycles. The average Bonchev–Trinajstić information content (AvgIpc) is 2.28. The van der Waals surface area contributed by atoms with E-state index >= 15 is 0 Å². The molecule has 0 aromatic carbocycles. The van der Waals surface area contributed by atoms with Crippen molar-refractivity contribution in [2.24, 2.45) is 0 Å². The lowest BCUT2D eigenvalue weighted by Gasteiger charge is -2.06. The van der Waals surface area contributed by atoms with E-state index in [9.17, 15) is 0 Å². The number of rotatable bonds is 2. The first-order chi connectivity index (χ1) is 8.08. The second-order valence-electron chi connectivity index (χ2n) is 3.10. The molecule has 7 heteroatoms. The summed E-state index contributed by atoms with van der Waals surface area (Å²) < 4.78 is 0.755. The zero-order chi connectivity index (χ0) is 12.4. The Labute approximate surface area is 127 Å². The summed E-state index contributed by atoms with van der Waals surface area (Å²) in [6.07, 6.45) is 3.24. The first-order valence-corrected chi connectivity index (χ1v) is 7.20. The minimum Gasteiger partial charge on any atom is -0.260 e. The quantitative estimate of drug-likeness (QED) is 0.710. The lowest BCUT2D eigenvalue weighted by molar-refractivity contribution is 1.01. The van der Waals surface area contributed by atoms with Gasteiger partial charge in [0.25, 0.3) is 0 Å². The van der Waals surface area contributed by atoms with Gasteiger partial charge >= 0.3 is 0 Å². The minimum atomic E-state index is 0.385. The van der Waals surface area contributed by atoms with Crippen LogP contribution in [0.3, 0.4) is 0 Å². The largest absolute Gasteiger partial charge is 0.260 e. The minimum absolute atomic E-state index is 0.385. The molecule has 0 atom stereocenters. The van der Waals surface area contributed by atoms with Crippen LogP contribution in [0, 0.1) is 10.6 Å². The molecule has 2 rings (SSSR count). The van der Waals surface area contributed by atoms with E-state index in [0.29, 0.717) is 10.2 Å². The zero-order valence-corrected chi connectivity index (χ0v) is 13.1. The van der Waals surface area contributed by atoms with Crippen molar-refractivity contribution >= 4 is 57.6 Å². The highest BCUT2D eigenvalue weighted by atomic mass is 127. The van der Waals surface area contributed by atoms with Gasteiger partial charge in [-0.15, -0.1) is 0 Å². The van der Waals surface area contributed by atoms with Gasteiger partial charge < -0.3 is 0 Å². The van der Waals surface area contributed by atoms with E-state index < -0.39 is 0 Å². The SMILES string of the molecule is Cc1nccc(Sc2ncc(Cl)nc2I)c1Cl. The average molecular weight is 398 g/mol. The molecule has 0 saturated carbocycles. The molecule has 2 aromatic rings. The number of aryl methyl sites for hydroxylation is 1. The highest BCUT2D eigenvalue weighted by molar-refractivity contribution is 14.1. The molecule has 0 aliphatic heterocycles. The normalized spacial score (nSPS) is 10.6. The van der Waals surface area contributed by atoms with Crippen LogP contribution in [0.1, 0.15) is 5.69 Å². The molecule has 0 N–H and O–H groups in total. The van der Waals surface area contributed by atoms with Gasteiger partial charge in [0.05, 0.1) is 16.9 Å². The van der Waals surface area contributed by atoms with E-state index in [4.69, 9.17) is 23.2 Å². The van der Waals surface area contributed by atoms with E-state index in [1.807, 2.05) is 13.0 Å². The van der Waals surface area contributed by atoms with Crippen LogP contribution in [-0.4, -0.2) is 15.0 Å². The summed E-state index contributed by atoms with van der Waals surface area (Å²) in [4.78, 5) is 13.4. The van der Waals surface area contributed by atoms with Gasteiger partial charge in [0, 0.05) is 11.1 Å². The number of aromatic nitrogens is 3. The van der Waals surface area contributed by atoms with Crippen molar-refractivity contribution < 1.29 is 0 Å². The summed E-state index contributed by atoms with van der Waals surface area (Å²) in [7, 11) is 0. The summed E-state index contributed by atoms with van der Waals surface area (Å²) in [6, 6.07) is 1.85. The van der Waals surface area contributed by atoms with Crippen molar-refractivity contribution in [3.05, 3.63) is 38.0 Å². The fourth-order valence-electron chi connectivity index (χ4n) is 1.11. The summed E-state index contributed by atoms with van der Waals surface area (Å²) in [5.41, 5.74) is 0.800. The third-order valence-corrected chi connectivity index (χ3v) is 4.85. The lowest BCUT2D eigenvalue weighted by Crippen LogP contribution is -1.91. The van der Waals surface area contributed by atoms with Crippen LogP contribution in [0.4, 0.5) is 0 Å². The van der Waals surface area contributed by atoms with Crippen LogP contribution in [0.2, 0.25) is 10.2 Å².